The molecular formula is C12H9F3N4O3. The minimum atomic E-state index is -4.70. The lowest BCUT2D eigenvalue weighted by Gasteiger charge is -2.03. The molecule has 22 heavy (non-hydrogen) atoms. The first-order chi connectivity index (χ1) is 10.3. The highest BCUT2D eigenvalue weighted by molar-refractivity contribution is 6.34. The number of amides is 2. The van der Waals surface area contributed by atoms with Crippen molar-refractivity contribution in [3.63, 3.8) is 0 Å². The number of hydrogen-bond acceptors (Lipinski definition) is 5. The summed E-state index contributed by atoms with van der Waals surface area (Å²) in [7, 11) is 0. The molecule has 10 heteroatoms. The van der Waals surface area contributed by atoms with Crippen molar-refractivity contribution in [2.45, 2.75) is 12.7 Å². The van der Waals surface area contributed by atoms with Crippen LogP contribution in [0.2, 0.25) is 0 Å². The molecule has 0 spiro atoms. The lowest BCUT2D eigenvalue weighted by molar-refractivity contribution is -0.159. The van der Waals surface area contributed by atoms with Gasteiger partial charge < -0.3 is 15.6 Å². The number of carbonyl (C=O) groups is 2. The van der Waals surface area contributed by atoms with E-state index >= 15 is 0 Å². The van der Waals surface area contributed by atoms with E-state index in [1.807, 2.05) is 0 Å². The third-order valence-electron chi connectivity index (χ3n) is 2.56. The Kier molecular flexibility index (Phi) is 4.11. The van der Waals surface area contributed by atoms with Gasteiger partial charge in [-0.2, -0.15) is 18.2 Å². The third-order valence-corrected chi connectivity index (χ3v) is 2.56. The van der Waals surface area contributed by atoms with E-state index in [-0.39, 0.29) is 12.4 Å². The number of rotatable bonds is 3. The molecule has 0 fully saturated rings. The van der Waals surface area contributed by atoms with E-state index < -0.39 is 23.9 Å². The van der Waals surface area contributed by atoms with Gasteiger partial charge in [-0.15, -0.1) is 0 Å². The van der Waals surface area contributed by atoms with E-state index in [4.69, 9.17) is 5.73 Å². The lowest BCUT2D eigenvalue weighted by atomic mass is 10.1. The van der Waals surface area contributed by atoms with Gasteiger partial charge in [0, 0.05) is 12.1 Å². The number of nitrogens with one attached hydrogen (secondary N) is 1. The Morgan fingerprint density at radius 3 is 2.36 bits per heavy atom. The number of carbonyl (C=O) groups excluding carboxylic acids is 2. The Balaban J connectivity index is 2.07. The van der Waals surface area contributed by atoms with Crippen LogP contribution in [0, 0.1) is 0 Å². The van der Waals surface area contributed by atoms with Crippen LogP contribution in [-0.4, -0.2) is 22.0 Å². The molecule has 0 aliphatic rings. The molecule has 1 aromatic heterocycles. The quantitative estimate of drug-likeness (QED) is 0.816. The van der Waals surface area contributed by atoms with E-state index in [2.05, 4.69) is 20.0 Å². The zero-order valence-corrected chi connectivity index (χ0v) is 10.8. The smallest absolute Gasteiger partial charge is 0.361 e. The van der Waals surface area contributed by atoms with Crippen molar-refractivity contribution >= 4 is 11.8 Å². The van der Waals surface area contributed by atoms with Gasteiger partial charge in [-0.05, 0) is 5.56 Å². The maximum atomic E-state index is 12.3. The molecule has 1 heterocycles. The average molecular weight is 314 g/mol. The highest BCUT2D eigenvalue weighted by Crippen LogP contribution is 2.29. The predicted octanol–water partition coefficient (Wildman–Crippen LogP) is 0.857. The molecule has 2 rings (SSSR count). The van der Waals surface area contributed by atoms with Crippen LogP contribution in [0.25, 0.3) is 11.4 Å². The van der Waals surface area contributed by atoms with Crippen molar-refractivity contribution in [2.24, 2.45) is 5.73 Å². The molecule has 0 saturated carbocycles. The van der Waals surface area contributed by atoms with Crippen molar-refractivity contribution in [1.82, 2.24) is 15.5 Å². The van der Waals surface area contributed by atoms with E-state index in [1.165, 1.54) is 24.3 Å². The monoisotopic (exact) mass is 314 g/mol. The zero-order valence-electron chi connectivity index (χ0n) is 10.8. The summed E-state index contributed by atoms with van der Waals surface area (Å²) >= 11 is 0. The van der Waals surface area contributed by atoms with E-state index in [0.717, 1.165) is 0 Å². The Bertz CT molecular complexity index is 694. The topological polar surface area (TPSA) is 111 Å². The third kappa shape index (κ3) is 3.59. The summed E-state index contributed by atoms with van der Waals surface area (Å²) in [5, 5.41) is 5.51. The minimum absolute atomic E-state index is 0.0437. The van der Waals surface area contributed by atoms with Gasteiger partial charge in [0.15, 0.2) is 0 Å². The van der Waals surface area contributed by atoms with Gasteiger partial charge in [-0.3, -0.25) is 9.59 Å². The molecule has 2 amide bonds. The largest absolute Gasteiger partial charge is 0.471 e. The zero-order chi connectivity index (χ0) is 16.3. The van der Waals surface area contributed by atoms with Gasteiger partial charge in [0.2, 0.25) is 5.82 Å². The maximum Gasteiger partial charge on any atom is 0.471 e. The van der Waals surface area contributed by atoms with Gasteiger partial charge in [0.1, 0.15) is 0 Å². The van der Waals surface area contributed by atoms with Crippen molar-refractivity contribution < 1.29 is 27.3 Å². The van der Waals surface area contributed by atoms with Crippen LogP contribution in [0.15, 0.2) is 28.8 Å². The molecule has 0 radical (unpaired) electrons. The first kappa shape index (κ1) is 15.5. The van der Waals surface area contributed by atoms with Crippen LogP contribution in [0.4, 0.5) is 13.2 Å². The van der Waals surface area contributed by atoms with Crippen LogP contribution >= 0.6 is 0 Å². The number of aromatic nitrogens is 2. The molecule has 0 aliphatic carbocycles. The van der Waals surface area contributed by atoms with Crippen LogP contribution in [0.3, 0.4) is 0 Å². The van der Waals surface area contributed by atoms with Crippen molar-refractivity contribution in [2.75, 3.05) is 0 Å². The van der Waals surface area contributed by atoms with Crippen molar-refractivity contribution in [1.29, 1.82) is 0 Å². The number of hydrogen-bond donors (Lipinski definition) is 2. The highest BCUT2D eigenvalue weighted by atomic mass is 19.4. The summed E-state index contributed by atoms with van der Waals surface area (Å²) in [6.07, 6.45) is -4.70. The lowest BCUT2D eigenvalue weighted by Crippen LogP contribution is -2.35. The molecule has 0 bridgehead atoms. The Morgan fingerprint density at radius 2 is 1.86 bits per heavy atom. The van der Waals surface area contributed by atoms with E-state index in [9.17, 15) is 22.8 Å². The minimum Gasteiger partial charge on any atom is -0.361 e. The predicted molar refractivity (Wildman–Crippen MR) is 65.8 cm³/mol. The maximum absolute atomic E-state index is 12.3. The SMILES string of the molecule is NC(=O)C(=O)NCc1ccc(-c2noc(C(F)(F)F)n2)cc1. The number of primary amides is 1. The van der Waals surface area contributed by atoms with Gasteiger partial charge in [-0.25, -0.2) is 0 Å². The Labute approximate surface area is 121 Å². The normalized spacial score (nSPS) is 11.2. The van der Waals surface area contributed by atoms with Crippen LogP contribution < -0.4 is 11.1 Å². The van der Waals surface area contributed by atoms with Crippen LogP contribution in [0.1, 0.15) is 11.5 Å². The average Bonchev–Trinajstić information content (AvgIpc) is 2.95. The fourth-order valence-electron chi connectivity index (χ4n) is 1.50. The number of nitrogens with zero attached hydrogens (tertiary/aromatic N) is 2. The first-order valence-corrected chi connectivity index (χ1v) is 5.85. The molecule has 0 saturated heterocycles. The van der Waals surface area contributed by atoms with E-state index in [1.54, 1.807) is 0 Å². The number of halogens is 3. The standard InChI is InChI=1S/C12H9F3N4O3/c13-12(14,15)11-18-9(19-22-11)7-3-1-6(2-4-7)5-17-10(21)8(16)20/h1-4H,5H2,(H2,16,20)(H,17,21). The van der Waals surface area contributed by atoms with Gasteiger partial charge in [0.25, 0.3) is 0 Å². The molecule has 0 atom stereocenters. The number of alkyl halides is 3. The summed E-state index contributed by atoms with van der Waals surface area (Å²) < 4.78 is 41.2. The second kappa shape index (κ2) is 5.84. The molecule has 0 aliphatic heterocycles. The summed E-state index contributed by atoms with van der Waals surface area (Å²) in [5.74, 6) is -3.68. The fraction of sp³-hybridized carbons (Fsp3) is 0.167. The second-order valence-electron chi connectivity index (χ2n) is 4.16. The Morgan fingerprint density at radius 1 is 1.23 bits per heavy atom. The van der Waals surface area contributed by atoms with E-state index in [0.29, 0.717) is 11.1 Å². The summed E-state index contributed by atoms with van der Waals surface area (Å²) in [6.45, 7) is 0.0437. The highest BCUT2D eigenvalue weighted by Gasteiger charge is 2.38. The molecule has 0 unspecified atom stereocenters. The molecular weight excluding hydrogens is 305 g/mol. The first-order valence-electron chi connectivity index (χ1n) is 5.85. The fourth-order valence-corrected chi connectivity index (χ4v) is 1.50. The molecule has 3 N–H and O–H groups in total. The van der Waals surface area contributed by atoms with Crippen LogP contribution in [0.5, 0.6) is 0 Å². The number of nitrogens with two attached hydrogens (primary N) is 1. The summed E-state index contributed by atoms with van der Waals surface area (Å²) in [4.78, 5) is 24.8. The summed E-state index contributed by atoms with van der Waals surface area (Å²) in [6, 6.07) is 5.97. The Hall–Kier alpha value is -2.91. The molecule has 1 aromatic carbocycles. The molecule has 2 aromatic rings. The van der Waals surface area contributed by atoms with Gasteiger partial charge in [0.05, 0.1) is 0 Å². The molecule has 116 valence electrons. The second-order valence-corrected chi connectivity index (χ2v) is 4.16. The molecule has 7 nitrogen and oxygen atoms in total. The van der Waals surface area contributed by atoms with Gasteiger partial charge in [-0.1, -0.05) is 29.4 Å². The number of benzene rings is 1. The van der Waals surface area contributed by atoms with Gasteiger partial charge >= 0.3 is 23.9 Å². The van der Waals surface area contributed by atoms with Crippen LogP contribution in [-0.2, 0) is 22.3 Å². The van der Waals surface area contributed by atoms with Crippen molar-refractivity contribution in [3.8, 4) is 11.4 Å². The summed E-state index contributed by atoms with van der Waals surface area (Å²) in [5.41, 5.74) is 5.69. The van der Waals surface area contributed by atoms with Crippen molar-refractivity contribution in [3.05, 3.63) is 35.7 Å².